The topological polar surface area (TPSA) is 26.3 Å². The molecule has 0 aliphatic rings. The second-order valence-electron chi connectivity index (χ2n) is 3.15. The van der Waals surface area contributed by atoms with E-state index < -0.39 is 6.10 Å². The lowest BCUT2D eigenvalue weighted by Crippen LogP contribution is -2.22. The van der Waals surface area contributed by atoms with Crippen LogP contribution in [0.4, 0.5) is 4.39 Å². The lowest BCUT2D eigenvalue weighted by Gasteiger charge is -2.13. The molecule has 1 aromatic carbocycles. The molecule has 4 heteroatoms. The number of carbonyl (C=O) groups excluding carboxylic acids is 1. The van der Waals surface area contributed by atoms with E-state index in [2.05, 4.69) is 15.9 Å². The van der Waals surface area contributed by atoms with Crippen molar-refractivity contribution < 1.29 is 13.9 Å². The highest BCUT2D eigenvalue weighted by Crippen LogP contribution is 2.26. The third-order valence-electron chi connectivity index (χ3n) is 2.00. The van der Waals surface area contributed by atoms with Gasteiger partial charge in [-0.3, -0.25) is 4.79 Å². The number of ether oxygens (including phenoxy) is 1. The number of carbonyl (C=O) groups is 1. The Morgan fingerprint density at radius 2 is 2.27 bits per heavy atom. The van der Waals surface area contributed by atoms with Crippen molar-refractivity contribution in [3.63, 3.8) is 0 Å². The van der Waals surface area contributed by atoms with Gasteiger partial charge in [0.15, 0.2) is 11.9 Å². The molecule has 0 N–H and O–H groups in total. The molecule has 0 aromatic heterocycles. The van der Waals surface area contributed by atoms with E-state index in [1.54, 1.807) is 19.9 Å². The quantitative estimate of drug-likeness (QED) is 0.842. The van der Waals surface area contributed by atoms with Crippen molar-refractivity contribution >= 4 is 21.7 Å². The fourth-order valence-corrected chi connectivity index (χ4v) is 1.45. The summed E-state index contributed by atoms with van der Waals surface area (Å²) in [6.07, 6.45) is -0.137. The summed E-state index contributed by atoms with van der Waals surface area (Å²) in [4.78, 5) is 11.3. The van der Waals surface area contributed by atoms with Crippen LogP contribution in [0.15, 0.2) is 22.7 Å². The molecule has 15 heavy (non-hydrogen) atoms. The molecule has 0 saturated heterocycles. The molecule has 0 aliphatic carbocycles. The summed E-state index contributed by atoms with van der Waals surface area (Å²) in [5.41, 5.74) is 0. The SMILES string of the molecule is CCC(=O)C(C)Oc1cc(F)ccc1Br. The monoisotopic (exact) mass is 274 g/mol. The molecule has 1 atom stereocenters. The molecule has 0 radical (unpaired) electrons. The Balaban J connectivity index is 2.80. The van der Waals surface area contributed by atoms with Crippen molar-refractivity contribution in [3.8, 4) is 5.75 Å². The molecule has 0 aliphatic heterocycles. The summed E-state index contributed by atoms with van der Waals surface area (Å²) >= 11 is 3.23. The van der Waals surface area contributed by atoms with Gasteiger partial charge in [-0.25, -0.2) is 4.39 Å². The van der Waals surface area contributed by atoms with Crippen LogP contribution in [0.25, 0.3) is 0 Å². The highest BCUT2D eigenvalue weighted by Gasteiger charge is 2.14. The molecular formula is C11H12BrFO2. The van der Waals surface area contributed by atoms with Crippen LogP contribution >= 0.6 is 15.9 Å². The molecule has 1 aromatic rings. The zero-order chi connectivity index (χ0) is 11.4. The van der Waals surface area contributed by atoms with Crippen LogP contribution in [0.2, 0.25) is 0 Å². The largest absolute Gasteiger partial charge is 0.482 e. The van der Waals surface area contributed by atoms with E-state index in [4.69, 9.17) is 4.74 Å². The first-order valence-corrected chi connectivity index (χ1v) is 5.48. The minimum atomic E-state index is -0.548. The van der Waals surface area contributed by atoms with Gasteiger partial charge in [0, 0.05) is 12.5 Å². The van der Waals surface area contributed by atoms with E-state index in [1.165, 1.54) is 12.1 Å². The fourth-order valence-electron chi connectivity index (χ4n) is 1.11. The summed E-state index contributed by atoms with van der Waals surface area (Å²) in [6.45, 7) is 3.42. The number of Topliss-reactive ketones (excluding diaryl/α,β-unsaturated/α-hetero) is 1. The van der Waals surface area contributed by atoms with Crippen molar-refractivity contribution in [1.29, 1.82) is 0 Å². The molecule has 0 fully saturated rings. The van der Waals surface area contributed by atoms with Gasteiger partial charge < -0.3 is 4.74 Å². The summed E-state index contributed by atoms with van der Waals surface area (Å²) < 4.78 is 18.9. The molecular weight excluding hydrogens is 263 g/mol. The predicted molar refractivity (Wildman–Crippen MR) is 59.5 cm³/mol. The number of hydrogen-bond acceptors (Lipinski definition) is 2. The highest BCUT2D eigenvalue weighted by molar-refractivity contribution is 9.10. The Labute approximate surface area is 96.6 Å². The first kappa shape index (κ1) is 12.2. The van der Waals surface area contributed by atoms with Crippen molar-refractivity contribution in [2.75, 3.05) is 0 Å². The Bertz CT molecular complexity index is 366. The number of rotatable bonds is 4. The van der Waals surface area contributed by atoms with E-state index in [9.17, 15) is 9.18 Å². The van der Waals surface area contributed by atoms with Gasteiger partial charge in [0.2, 0.25) is 0 Å². The number of hydrogen-bond donors (Lipinski definition) is 0. The van der Waals surface area contributed by atoms with E-state index in [0.717, 1.165) is 0 Å². The van der Waals surface area contributed by atoms with Gasteiger partial charge >= 0.3 is 0 Å². The van der Waals surface area contributed by atoms with Crippen molar-refractivity contribution in [3.05, 3.63) is 28.5 Å². The van der Waals surface area contributed by atoms with E-state index in [0.29, 0.717) is 16.6 Å². The standard InChI is InChI=1S/C11H12BrFO2/c1-3-10(14)7(2)15-11-6-8(13)4-5-9(11)12/h4-7H,3H2,1-2H3. The molecule has 0 heterocycles. The van der Waals surface area contributed by atoms with Crippen LogP contribution in [0.1, 0.15) is 20.3 Å². The Morgan fingerprint density at radius 3 is 2.87 bits per heavy atom. The summed E-state index contributed by atoms with van der Waals surface area (Å²) in [5, 5.41) is 0. The van der Waals surface area contributed by atoms with Crippen LogP contribution in [-0.4, -0.2) is 11.9 Å². The second-order valence-corrected chi connectivity index (χ2v) is 4.01. The molecule has 1 unspecified atom stereocenters. The number of benzene rings is 1. The van der Waals surface area contributed by atoms with E-state index in [-0.39, 0.29) is 11.6 Å². The average Bonchev–Trinajstić information content (AvgIpc) is 2.22. The summed E-state index contributed by atoms with van der Waals surface area (Å²) in [6, 6.07) is 4.13. The van der Waals surface area contributed by atoms with Crippen LogP contribution in [0, 0.1) is 5.82 Å². The third-order valence-corrected chi connectivity index (χ3v) is 2.65. The van der Waals surface area contributed by atoms with Crippen LogP contribution in [0.5, 0.6) is 5.75 Å². The summed E-state index contributed by atoms with van der Waals surface area (Å²) in [7, 11) is 0. The van der Waals surface area contributed by atoms with Gasteiger partial charge in [-0.05, 0) is 35.0 Å². The Kier molecular flexibility index (Phi) is 4.27. The molecule has 0 bridgehead atoms. The van der Waals surface area contributed by atoms with Crippen molar-refractivity contribution in [2.24, 2.45) is 0 Å². The van der Waals surface area contributed by atoms with Gasteiger partial charge in [-0.1, -0.05) is 6.92 Å². The second kappa shape index (κ2) is 5.26. The first-order chi connectivity index (χ1) is 7.04. The first-order valence-electron chi connectivity index (χ1n) is 4.69. The molecule has 2 nitrogen and oxygen atoms in total. The minimum Gasteiger partial charge on any atom is -0.482 e. The van der Waals surface area contributed by atoms with E-state index >= 15 is 0 Å². The Morgan fingerprint density at radius 1 is 1.60 bits per heavy atom. The van der Waals surface area contributed by atoms with Crippen molar-refractivity contribution in [2.45, 2.75) is 26.4 Å². The number of halogens is 2. The minimum absolute atomic E-state index is 0.00818. The average molecular weight is 275 g/mol. The molecule has 0 spiro atoms. The summed E-state index contributed by atoms with van der Waals surface area (Å²) in [5.74, 6) is -0.0418. The molecule has 82 valence electrons. The van der Waals surface area contributed by atoms with Gasteiger partial charge in [0.05, 0.1) is 4.47 Å². The molecule has 0 amide bonds. The fraction of sp³-hybridized carbons (Fsp3) is 0.364. The maximum Gasteiger partial charge on any atom is 0.172 e. The maximum absolute atomic E-state index is 12.9. The zero-order valence-corrected chi connectivity index (χ0v) is 10.2. The zero-order valence-electron chi connectivity index (χ0n) is 8.59. The van der Waals surface area contributed by atoms with Gasteiger partial charge in [0.1, 0.15) is 11.6 Å². The third kappa shape index (κ3) is 3.30. The van der Waals surface area contributed by atoms with Gasteiger partial charge in [0.25, 0.3) is 0 Å². The maximum atomic E-state index is 12.9. The van der Waals surface area contributed by atoms with Gasteiger partial charge in [-0.2, -0.15) is 0 Å². The molecule has 0 saturated carbocycles. The lowest BCUT2D eigenvalue weighted by molar-refractivity contribution is -0.124. The van der Waals surface area contributed by atoms with Crippen molar-refractivity contribution in [1.82, 2.24) is 0 Å². The smallest absolute Gasteiger partial charge is 0.172 e. The molecule has 1 rings (SSSR count). The van der Waals surface area contributed by atoms with Gasteiger partial charge in [-0.15, -0.1) is 0 Å². The normalized spacial score (nSPS) is 12.3. The van der Waals surface area contributed by atoms with Crippen LogP contribution in [-0.2, 0) is 4.79 Å². The lowest BCUT2D eigenvalue weighted by atomic mass is 10.2. The predicted octanol–water partition coefficient (Wildman–Crippen LogP) is 3.33. The highest BCUT2D eigenvalue weighted by atomic mass is 79.9. The van der Waals surface area contributed by atoms with Crippen LogP contribution < -0.4 is 4.74 Å². The van der Waals surface area contributed by atoms with E-state index in [1.807, 2.05) is 0 Å². The van der Waals surface area contributed by atoms with Crippen LogP contribution in [0.3, 0.4) is 0 Å². The number of ketones is 1. The Hall–Kier alpha value is -0.900.